The fourth-order valence-electron chi connectivity index (χ4n) is 3.88. The van der Waals surface area contributed by atoms with E-state index in [4.69, 9.17) is 11.6 Å². The lowest BCUT2D eigenvalue weighted by molar-refractivity contribution is 0.654. The van der Waals surface area contributed by atoms with E-state index in [1.165, 1.54) is 0 Å². The Morgan fingerprint density at radius 1 is 0.929 bits per heavy atom. The van der Waals surface area contributed by atoms with Crippen LogP contribution in [0.5, 0.6) is 0 Å². The first-order chi connectivity index (χ1) is 13.8. The Kier molecular flexibility index (Phi) is 4.34. The summed E-state index contributed by atoms with van der Waals surface area (Å²) in [6, 6.07) is 15.8. The highest BCUT2D eigenvalue weighted by molar-refractivity contribution is 6.29. The fraction of sp³-hybridized carbons (Fsp3) is 0.130. The van der Waals surface area contributed by atoms with Gasteiger partial charge in [0.05, 0.1) is 11.4 Å². The zero-order chi connectivity index (χ0) is 18.9. The minimum atomic E-state index is 0.130. The molecule has 0 amide bonds. The number of pyridine rings is 3. The SMILES string of the molecule is Clc1cc(-c2ccccn2)cc(C2C=C3C=CN=C3C(c3ccccn3)C2)n1. The number of fused-ring (bicyclic) bond motifs is 1. The van der Waals surface area contributed by atoms with Crippen molar-refractivity contribution in [2.24, 2.45) is 4.99 Å². The van der Waals surface area contributed by atoms with Crippen LogP contribution in [0.15, 0.2) is 89.8 Å². The molecule has 0 bridgehead atoms. The molecule has 2 aliphatic rings. The van der Waals surface area contributed by atoms with Crippen LogP contribution in [0.4, 0.5) is 0 Å². The van der Waals surface area contributed by atoms with Crippen molar-refractivity contribution in [1.29, 1.82) is 0 Å². The summed E-state index contributed by atoms with van der Waals surface area (Å²) >= 11 is 6.37. The molecule has 2 atom stereocenters. The summed E-state index contributed by atoms with van der Waals surface area (Å²) in [7, 11) is 0. The number of allylic oxidation sites excluding steroid dienone is 3. The first kappa shape index (κ1) is 17.0. The molecule has 0 saturated heterocycles. The summed E-state index contributed by atoms with van der Waals surface area (Å²) in [5.74, 6) is 0.269. The van der Waals surface area contributed by atoms with Crippen molar-refractivity contribution < 1.29 is 0 Å². The normalized spacial score (nSPS) is 20.5. The predicted octanol–water partition coefficient (Wildman–Crippen LogP) is 5.36. The molecule has 2 unspecified atom stereocenters. The summed E-state index contributed by atoms with van der Waals surface area (Å²) in [5, 5.41) is 0.479. The number of rotatable bonds is 3. The number of aliphatic imine (C=N–C) groups is 1. The van der Waals surface area contributed by atoms with Gasteiger partial charge in [-0.15, -0.1) is 0 Å². The van der Waals surface area contributed by atoms with Gasteiger partial charge in [0.2, 0.25) is 0 Å². The van der Waals surface area contributed by atoms with E-state index in [0.29, 0.717) is 5.15 Å². The quantitative estimate of drug-likeness (QED) is 0.571. The van der Waals surface area contributed by atoms with E-state index in [2.05, 4.69) is 44.2 Å². The summed E-state index contributed by atoms with van der Waals surface area (Å²) < 4.78 is 0. The van der Waals surface area contributed by atoms with Crippen LogP contribution >= 0.6 is 11.6 Å². The van der Waals surface area contributed by atoms with Crippen LogP contribution in [0.1, 0.15) is 29.6 Å². The summed E-state index contributed by atoms with van der Waals surface area (Å²) in [5.41, 5.74) is 6.08. The van der Waals surface area contributed by atoms with E-state index >= 15 is 0 Å². The van der Waals surface area contributed by atoms with Crippen molar-refractivity contribution in [2.75, 3.05) is 0 Å². The van der Waals surface area contributed by atoms with Gasteiger partial charge >= 0.3 is 0 Å². The Bertz CT molecular complexity index is 1100. The Hall–Kier alpha value is -3.11. The minimum absolute atomic E-state index is 0.130. The predicted molar refractivity (Wildman–Crippen MR) is 111 cm³/mol. The van der Waals surface area contributed by atoms with Crippen LogP contribution in [0, 0.1) is 0 Å². The highest BCUT2D eigenvalue weighted by Gasteiger charge is 2.32. The monoisotopic (exact) mass is 384 g/mol. The molecule has 1 aliphatic heterocycles. The molecule has 5 heteroatoms. The van der Waals surface area contributed by atoms with Gasteiger partial charge in [0, 0.05) is 47.4 Å². The summed E-state index contributed by atoms with van der Waals surface area (Å²) in [4.78, 5) is 18.3. The van der Waals surface area contributed by atoms with Gasteiger partial charge < -0.3 is 0 Å². The number of hydrogen-bond acceptors (Lipinski definition) is 4. The third-order valence-electron chi connectivity index (χ3n) is 5.16. The van der Waals surface area contributed by atoms with Gasteiger partial charge in [0.25, 0.3) is 0 Å². The van der Waals surface area contributed by atoms with E-state index in [-0.39, 0.29) is 11.8 Å². The van der Waals surface area contributed by atoms with E-state index < -0.39 is 0 Å². The second-order valence-electron chi connectivity index (χ2n) is 6.92. The van der Waals surface area contributed by atoms with Gasteiger partial charge in [0.15, 0.2) is 0 Å². The molecule has 5 rings (SSSR count). The third kappa shape index (κ3) is 3.16. The van der Waals surface area contributed by atoms with Gasteiger partial charge in [-0.1, -0.05) is 29.8 Å². The Labute approximate surface area is 168 Å². The van der Waals surface area contributed by atoms with Crippen LogP contribution in [-0.4, -0.2) is 20.7 Å². The maximum Gasteiger partial charge on any atom is 0.130 e. The van der Waals surface area contributed by atoms with Crippen LogP contribution in [-0.2, 0) is 0 Å². The number of hydrogen-bond donors (Lipinski definition) is 0. The average Bonchev–Trinajstić information content (AvgIpc) is 3.23. The molecule has 0 spiro atoms. The molecule has 4 nitrogen and oxygen atoms in total. The molecule has 0 aromatic carbocycles. The third-order valence-corrected chi connectivity index (χ3v) is 5.36. The van der Waals surface area contributed by atoms with E-state index in [1.807, 2.05) is 48.8 Å². The maximum atomic E-state index is 6.37. The Morgan fingerprint density at radius 2 is 1.79 bits per heavy atom. The van der Waals surface area contributed by atoms with Gasteiger partial charge in [0.1, 0.15) is 5.15 Å². The highest BCUT2D eigenvalue weighted by Crippen LogP contribution is 2.40. The van der Waals surface area contributed by atoms with Crippen LogP contribution in [0.2, 0.25) is 5.15 Å². The maximum absolute atomic E-state index is 6.37. The molecule has 0 N–H and O–H groups in total. The standard InChI is InChI=1S/C23H17ClN4/c24-22-14-17(19-5-1-3-8-25-19)13-21(28-22)16-11-15-7-10-27-23(15)18(12-16)20-6-2-4-9-26-20/h1-11,13-14,16,18H,12H2. The zero-order valence-corrected chi connectivity index (χ0v) is 15.8. The number of aromatic nitrogens is 3. The molecular formula is C23H17ClN4. The first-order valence-electron chi connectivity index (χ1n) is 9.24. The second kappa shape index (κ2) is 7.13. The van der Waals surface area contributed by atoms with E-state index in [9.17, 15) is 0 Å². The van der Waals surface area contributed by atoms with Crippen molar-refractivity contribution in [3.05, 3.63) is 101 Å². The smallest absolute Gasteiger partial charge is 0.130 e. The average molecular weight is 385 g/mol. The second-order valence-corrected chi connectivity index (χ2v) is 7.31. The molecule has 0 radical (unpaired) electrons. The van der Waals surface area contributed by atoms with Crippen LogP contribution < -0.4 is 0 Å². The molecule has 3 aromatic heterocycles. The van der Waals surface area contributed by atoms with E-state index in [0.717, 1.165) is 40.4 Å². The highest BCUT2D eigenvalue weighted by atomic mass is 35.5. The molecule has 0 saturated carbocycles. The van der Waals surface area contributed by atoms with Crippen molar-refractivity contribution in [1.82, 2.24) is 15.0 Å². The fourth-order valence-corrected chi connectivity index (χ4v) is 4.09. The van der Waals surface area contributed by atoms with Gasteiger partial charge in [-0.25, -0.2) is 4.98 Å². The summed E-state index contributed by atoms with van der Waals surface area (Å²) in [6.45, 7) is 0. The van der Waals surface area contributed by atoms with Crippen LogP contribution in [0.25, 0.3) is 11.3 Å². The zero-order valence-electron chi connectivity index (χ0n) is 15.0. The molecule has 0 fully saturated rings. The van der Waals surface area contributed by atoms with Crippen LogP contribution in [0.3, 0.4) is 0 Å². The van der Waals surface area contributed by atoms with E-state index in [1.54, 1.807) is 6.20 Å². The molecule has 136 valence electrons. The van der Waals surface area contributed by atoms with Crippen molar-refractivity contribution in [3.63, 3.8) is 0 Å². The van der Waals surface area contributed by atoms with Gasteiger partial charge in [-0.05, 0) is 54.5 Å². The first-order valence-corrected chi connectivity index (χ1v) is 9.62. The Balaban J connectivity index is 1.56. The van der Waals surface area contributed by atoms with Gasteiger partial charge in [-0.3, -0.25) is 15.0 Å². The lowest BCUT2D eigenvalue weighted by atomic mass is 9.78. The lowest BCUT2D eigenvalue weighted by Crippen LogP contribution is -2.22. The Morgan fingerprint density at radius 3 is 2.57 bits per heavy atom. The number of halogens is 1. The van der Waals surface area contributed by atoms with Crippen molar-refractivity contribution in [2.45, 2.75) is 18.3 Å². The summed E-state index contributed by atoms with van der Waals surface area (Å²) in [6.07, 6.45) is 10.6. The minimum Gasteiger partial charge on any atom is -0.261 e. The van der Waals surface area contributed by atoms with Crippen molar-refractivity contribution in [3.8, 4) is 11.3 Å². The lowest BCUT2D eigenvalue weighted by Gasteiger charge is -2.27. The number of nitrogens with zero attached hydrogens (tertiary/aromatic N) is 4. The topological polar surface area (TPSA) is 51.0 Å². The molecular weight excluding hydrogens is 368 g/mol. The molecule has 1 aliphatic carbocycles. The molecule has 28 heavy (non-hydrogen) atoms. The molecule has 4 heterocycles. The van der Waals surface area contributed by atoms with Crippen molar-refractivity contribution >= 4 is 17.3 Å². The largest absolute Gasteiger partial charge is 0.261 e. The van der Waals surface area contributed by atoms with Gasteiger partial charge in [-0.2, -0.15) is 0 Å². The molecule has 3 aromatic rings.